The minimum absolute atomic E-state index is 0. The minimum atomic E-state index is -1.14. The Balaban J connectivity index is 0.00000400. The Morgan fingerprint density at radius 2 is 1.71 bits per heavy atom. The van der Waals surface area contributed by atoms with Gasteiger partial charge in [0, 0.05) is 12.5 Å². The van der Waals surface area contributed by atoms with Gasteiger partial charge in [0.15, 0.2) is 0 Å². The number of esters is 1. The maximum atomic E-state index is 13.3. The van der Waals surface area contributed by atoms with E-state index < -0.39 is 18.4 Å². The summed E-state index contributed by atoms with van der Waals surface area (Å²) in [6.07, 6.45) is 2.65. The Kier molecular flexibility index (Phi) is 9.93. The molecule has 234 valence electrons. The predicted octanol–water partition coefficient (Wildman–Crippen LogP) is 6.35. The summed E-state index contributed by atoms with van der Waals surface area (Å²) in [6.45, 7) is 1.85. The molecule has 1 atom stereocenters. The van der Waals surface area contributed by atoms with E-state index >= 15 is 0 Å². The summed E-state index contributed by atoms with van der Waals surface area (Å²) in [5, 5.41) is 14.4. The van der Waals surface area contributed by atoms with Crippen LogP contribution in [0.2, 0.25) is 0 Å². The molecule has 0 saturated heterocycles. The summed E-state index contributed by atoms with van der Waals surface area (Å²) < 4.78 is 23.5. The Morgan fingerprint density at radius 1 is 0.956 bits per heavy atom. The van der Waals surface area contributed by atoms with Crippen molar-refractivity contribution in [2.24, 2.45) is 0 Å². The van der Waals surface area contributed by atoms with Crippen LogP contribution in [0, 0.1) is 0 Å². The molecule has 0 amide bonds. The summed E-state index contributed by atoms with van der Waals surface area (Å²) in [6, 6.07) is 21.4. The van der Waals surface area contributed by atoms with Gasteiger partial charge in [-0.3, -0.25) is 4.57 Å². The largest absolute Gasteiger partial charge is 0.511 e. The van der Waals surface area contributed by atoms with E-state index in [1.807, 2.05) is 53.1 Å². The second-order valence-corrected chi connectivity index (χ2v) is 10.6. The average Bonchev–Trinajstić information content (AvgIpc) is 3.70. The van der Waals surface area contributed by atoms with Gasteiger partial charge in [-0.1, -0.05) is 61.0 Å². The van der Waals surface area contributed by atoms with Crippen LogP contribution in [0.15, 0.2) is 66.7 Å². The number of carbonyl (C=O) groups is 2. The summed E-state index contributed by atoms with van der Waals surface area (Å²) >= 11 is 0. The second kappa shape index (κ2) is 14.2. The molecule has 12 nitrogen and oxygen atoms in total. The van der Waals surface area contributed by atoms with Crippen LogP contribution < -0.4 is 4.74 Å². The van der Waals surface area contributed by atoms with Crippen molar-refractivity contribution in [1.29, 1.82) is 0 Å². The first-order valence-corrected chi connectivity index (χ1v) is 14.5. The number of nitrogens with zero attached hydrogens (tertiary/aromatic N) is 5. The van der Waals surface area contributed by atoms with Crippen molar-refractivity contribution in [3.8, 4) is 28.5 Å². The highest BCUT2D eigenvalue weighted by atomic mass is 35.5. The number of aromatic amines is 1. The summed E-state index contributed by atoms with van der Waals surface area (Å²) in [4.78, 5) is 30.2. The third-order valence-corrected chi connectivity index (χ3v) is 7.60. The molecule has 0 aliphatic heterocycles. The van der Waals surface area contributed by atoms with E-state index in [9.17, 15) is 9.59 Å². The fraction of sp³-hybridized carbons (Fsp3) is 0.312. The lowest BCUT2D eigenvalue weighted by Crippen LogP contribution is -2.26. The number of benzene rings is 3. The number of nitrogens with one attached hydrogen (secondary N) is 1. The molecule has 1 unspecified atom stereocenters. The molecular weight excluding hydrogens is 600 g/mol. The smallest absolute Gasteiger partial charge is 0.468 e. The first-order valence-electron chi connectivity index (χ1n) is 14.5. The minimum Gasteiger partial charge on any atom is -0.468 e. The standard InChI is InChI=1S/C32H32N6O6.ClH/c1-20(43-32(40)44-23-9-4-3-5-10-23)42-30(39)26-13-8-14-27-28(26)38(31(33-27)41-2)19-21-15-17-22(18-16-21)24-11-6-7-12-25(24)29-34-36-37-35-29;/h6-8,11-18,20,23H,3-5,9-10,19H2,1-2H3,(H,34,35,36,37);1H. The van der Waals surface area contributed by atoms with E-state index in [-0.39, 0.29) is 24.1 Å². The number of hydrogen-bond acceptors (Lipinski definition) is 10. The molecule has 1 fully saturated rings. The maximum Gasteiger partial charge on any atom is 0.511 e. The van der Waals surface area contributed by atoms with Gasteiger partial charge >= 0.3 is 12.1 Å². The van der Waals surface area contributed by atoms with Crippen molar-refractivity contribution in [3.05, 3.63) is 77.9 Å². The maximum absolute atomic E-state index is 13.3. The quantitative estimate of drug-likeness (QED) is 0.144. The fourth-order valence-electron chi connectivity index (χ4n) is 5.53. The van der Waals surface area contributed by atoms with Crippen LogP contribution in [0.5, 0.6) is 6.01 Å². The van der Waals surface area contributed by atoms with Crippen molar-refractivity contribution < 1.29 is 28.5 Å². The average molecular weight is 633 g/mol. The van der Waals surface area contributed by atoms with Gasteiger partial charge in [-0.15, -0.1) is 22.6 Å². The van der Waals surface area contributed by atoms with Crippen LogP contribution in [0.25, 0.3) is 33.5 Å². The summed E-state index contributed by atoms with van der Waals surface area (Å²) in [5.74, 6) is -0.148. The third kappa shape index (κ3) is 7.07. The molecular formula is C32H33ClN6O6. The molecule has 13 heteroatoms. The number of methoxy groups -OCH3 is 1. The Hall–Kier alpha value is -4.97. The number of imidazole rings is 1. The predicted molar refractivity (Wildman–Crippen MR) is 167 cm³/mol. The highest BCUT2D eigenvalue weighted by molar-refractivity contribution is 6.02. The van der Waals surface area contributed by atoms with Gasteiger partial charge in [0.1, 0.15) is 6.10 Å². The van der Waals surface area contributed by atoms with Crippen molar-refractivity contribution in [1.82, 2.24) is 30.2 Å². The second-order valence-electron chi connectivity index (χ2n) is 10.6. The summed E-state index contributed by atoms with van der Waals surface area (Å²) in [5.41, 5.74) is 5.13. The number of aromatic nitrogens is 6. The molecule has 1 N–H and O–H groups in total. The van der Waals surface area contributed by atoms with E-state index in [2.05, 4.69) is 25.6 Å². The lowest BCUT2D eigenvalue weighted by atomic mass is 9.98. The molecule has 0 bridgehead atoms. The molecule has 2 heterocycles. The Morgan fingerprint density at radius 3 is 2.42 bits per heavy atom. The molecule has 6 rings (SSSR count). The SMILES string of the molecule is COc1nc2cccc(C(=O)OC(C)OC(=O)OC3CCCCC3)c2n1Cc1ccc(-c2ccccc2-c2nn[nH]n2)cc1.Cl. The van der Waals surface area contributed by atoms with E-state index in [4.69, 9.17) is 18.9 Å². The van der Waals surface area contributed by atoms with E-state index in [0.29, 0.717) is 29.4 Å². The van der Waals surface area contributed by atoms with Crippen molar-refractivity contribution in [2.45, 2.75) is 58.0 Å². The van der Waals surface area contributed by atoms with Gasteiger partial charge in [0.2, 0.25) is 12.1 Å². The highest BCUT2D eigenvalue weighted by Gasteiger charge is 2.25. The van der Waals surface area contributed by atoms with Crippen molar-refractivity contribution in [2.75, 3.05) is 7.11 Å². The van der Waals surface area contributed by atoms with Crippen molar-refractivity contribution >= 4 is 35.6 Å². The molecule has 1 aliphatic rings. The zero-order chi connectivity index (χ0) is 30.5. The number of tetrazole rings is 1. The first kappa shape index (κ1) is 31.5. The lowest BCUT2D eigenvalue weighted by Gasteiger charge is -2.22. The highest BCUT2D eigenvalue weighted by Crippen LogP contribution is 2.31. The normalized spacial score (nSPS) is 13.9. The van der Waals surface area contributed by atoms with Crippen LogP contribution >= 0.6 is 12.4 Å². The van der Waals surface area contributed by atoms with E-state index in [0.717, 1.165) is 54.4 Å². The van der Waals surface area contributed by atoms with Crippen LogP contribution in [0.1, 0.15) is 54.9 Å². The monoisotopic (exact) mass is 632 g/mol. The van der Waals surface area contributed by atoms with Gasteiger partial charge in [-0.05, 0) is 59.7 Å². The molecule has 0 radical (unpaired) electrons. The van der Waals surface area contributed by atoms with E-state index in [1.165, 1.54) is 14.0 Å². The summed E-state index contributed by atoms with van der Waals surface area (Å²) in [7, 11) is 1.53. The molecule has 1 aliphatic carbocycles. The topological polar surface area (TPSA) is 143 Å². The molecule has 1 saturated carbocycles. The molecule has 2 aromatic heterocycles. The first-order chi connectivity index (χ1) is 21.5. The van der Waals surface area contributed by atoms with Crippen LogP contribution in [-0.2, 0) is 20.8 Å². The van der Waals surface area contributed by atoms with Crippen molar-refractivity contribution in [3.63, 3.8) is 0 Å². The lowest BCUT2D eigenvalue weighted by molar-refractivity contribution is -0.0914. The number of para-hydroxylation sites is 1. The number of fused-ring (bicyclic) bond motifs is 1. The van der Waals surface area contributed by atoms with Gasteiger partial charge < -0.3 is 18.9 Å². The zero-order valence-corrected chi connectivity index (χ0v) is 25.7. The zero-order valence-electron chi connectivity index (χ0n) is 24.8. The van der Waals surface area contributed by atoms with Crippen LogP contribution in [-0.4, -0.2) is 61.8 Å². The van der Waals surface area contributed by atoms with Crippen LogP contribution in [0.4, 0.5) is 4.79 Å². The Labute approximate surface area is 265 Å². The number of ether oxygens (including phenoxy) is 4. The molecule has 3 aromatic carbocycles. The number of carbonyl (C=O) groups excluding carboxylic acids is 2. The van der Waals surface area contributed by atoms with Gasteiger partial charge in [0.05, 0.1) is 30.3 Å². The number of hydrogen-bond donors (Lipinski definition) is 1. The number of H-pyrrole nitrogens is 1. The number of halogens is 1. The molecule has 5 aromatic rings. The third-order valence-electron chi connectivity index (χ3n) is 7.60. The van der Waals surface area contributed by atoms with E-state index in [1.54, 1.807) is 18.2 Å². The Bertz CT molecular complexity index is 1750. The number of rotatable bonds is 9. The molecule has 0 spiro atoms. The van der Waals surface area contributed by atoms with Crippen LogP contribution in [0.3, 0.4) is 0 Å². The van der Waals surface area contributed by atoms with Gasteiger partial charge in [-0.2, -0.15) is 10.2 Å². The van der Waals surface area contributed by atoms with Gasteiger partial charge in [-0.25, -0.2) is 9.59 Å². The van der Waals surface area contributed by atoms with Gasteiger partial charge in [0.25, 0.3) is 6.01 Å². The fourth-order valence-corrected chi connectivity index (χ4v) is 5.53. The molecule has 45 heavy (non-hydrogen) atoms.